The van der Waals surface area contributed by atoms with Gasteiger partial charge in [0.05, 0.1) is 0 Å². The second-order valence-electron chi connectivity index (χ2n) is 6.65. The van der Waals surface area contributed by atoms with Crippen molar-refractivity contribution in [2.75, 3.05) is 7.05 Å². The van der Waals surface area contributed by atoms with Gasteiger partial charge in [-0.3, -0.25) is 4.79 Å². The first-order chi connectivity index (χ1) is 10.4. The highest BCUT2D eigenvalue weighted by atomic mass is 35.5. The SMILES string of the molecule is CC(c1ccc(Cl)cc1)C(C)N(C)C(=O)C1CCCC(N)C1.Cl. The van der Waals surface area contributed by atoms with Gasteiger partial charge in [-0.1, -0.05) is 37.1 Å². The van der Waals surface area contributed by atoms with E-state index in [1.54, 1.807) is 0 Å². The highest BCUT2D eigenvalue weighted by molar-refractivity contribution is 6.30. The van der Waals surface area contributed by atoms with E-state index in [9.17, 15) is 4.79 Å². The quantitative estimate of drug-likeness (QED) is 0.875. The number of nitrogens with two attached hydrogens (primary N) is 1. The minimum atomic E-state index is 0. The second-order valence-corrected chi connectivity index (χ2v) is 7.09. The summed E-state index contributed by atoms with van der Waals surface area (Å²) in [5.41, 5.74) is 7.23. The smallest absolute Gasteiger partial charge is 0.225 e. The Labute approximate surface area is 151 Å². The number of hydrogen-bond acceptors (Lipinski definition) is 2. The lowest BCUT2D eigenvalue weighted by molar-refractivity contribution is -0.137. The molecule has 0 heterocycles. The Morgan fingerprint density at radius 1 is 1.26 bits per heavy atom. The molecule has 1 amide bonds. The summed E-state index contributed by atoms with van der Waals surface area (Å²) in [5.74, 6) is 0.598. The van der Waals surface area contributed by atoms with E-state index in [1.165, 1.54) is 5.56 Å². The maximum atomic E-state index is 12.7. The number of carbonyl (C=O) groups excluding carboxylic acids is 1. The van der Waals surface area contributed by atoms with E-state index in [1.807, 2.05) is 36.2 Å². The van der Waals surface area contributed by atoms with Crippen LogP contribution in [0.25, 0.3) is 0 Å². The first-order valence-electron chi connectivity index (χ1n) is 8.18. The van der Waals surface area contributed by atoms with E-state index in [0.29, 0.717) is 0 Å². The van der Waals surface area contributed by atoms with Crippen molar-refractivity contribution < 1.29 is 4.79 Å². The van der Waals surface area contributed by atoms with Gasteiger partial charge in [-0.25, -0.2) is 0 Å². The Hall–Kier alpha value is -0.770. The van der Waals surface area contributed by atoms with Crippen LogP contribution in [0.4, 0.5) is 0 Å². The molecule has 23 heavy (non-hydrogen) atoms. The topological polar surface area (TPSA) is 46.3 Å². The summed E-state index contributed by atoms with van der Waals surface area (Å²) in [6.07, 6.45) is 3.90. The molecule has 0 bridgehead atoms. The van der Waals surface area contributed by atoms with Gasteiger partial charge >= 0.3 is 0 Å². The Morgan fingerprint density at radius 2 is 1.87 bits per heavy atom. The van der Waals surface area contributed by atoms with Gasteiger partial charge in [0.1, 0.15) is 0 Å². The van der Waals surface area contributed by atoms with Crippen LogP contribution in [-0.2, 0) is 4.79 Å². The van der Waals surface area contributed by atoms with Crippen molar-refractivity contribution in [1.82, 2.24) is 4.90 Å². The predicted octanol–water partition coefficient (Wildman–Crippen LogP) is 4.23. The summed E-state index contributed by atoms with van der Waals surface area (Å²) in [5, 5.41) is 0.740. The van der Waals surface area contributed by atoms with Crippen LogP contribution in [0.5, 0.6) is 0 Å². The standard InChI is InChI=1S/C18H27ClN2O.ClH/c1-12(14-7-9-16(19)10-8-14)13(2)21(3)18(22)15-5-4-6-17(20)11-15;/h7-10,12-13,15,17H,4-6,11,20H2,1-3H3;1H. The fourth-order valence-electron chi connectivity index (χ4n) is 3.32. The van der Waals surface area contributed by atoms with E-state index >= 15 is 0 Å². The molecule has 0 aromatic heterocycles. The summed E-state index contributed by atoms with van der Waals surface area (Å²) in [6, 6.07) is 8.22. The highest BCUT2D eigenvalue weighted by Gasteiger charge is 2.31. The van der Waals surface area contributed by atoms with Crippen molar-refractivity contribution in [3.63, 3.8) is 0 Å². The molecule has 0 radical (unpaired) electrons. The van der Waals surface area contributed by atoms with Crippen LogP contribution in [0.2, 0.25) is 5.02 Å². The van der Waals surface area contributed by atoms with E-state index in [2.05, 4.69) is 13.8 Å². The third-order valence-corrected chi connectivity index (χ3v) is 5.39. The number of likely N-dealkylation sites (N-methyl/N-ethyl adjacent to an activating group) is 1. The summed E-state index contributed by atoms with van der Waals surface area (Å²) in [7, 11) is 1.92. The number of carbonyl (C=O) groups is 1. The number of nitrogens with zero attached hydrogens (tertiary/aromatic N) is 1. The summed E-state index contributed by atoms with van der Waals surface area (Å²) in [4.78, 5) is 14.6. The van der Waals surface area contributed by atoms with Gasteiger partial charge in [-0.2, -0.15) is 0 Å². The molecule has 1 fully saturated rings. The molecule has 2 rings (SSSR count). The number of amides is 1. The maximum Gasteiger partial charge on any atom is 0.225 e. The first-order valence-corrected chi connectivity index (χ1v) is 8.55. The molecule has 1 saturated carbocycles. The van der Waals surface area contributed by atoms with Crippen LogP contribution in [0.3, 0.4) is 0 Å². The van der Waals surface area contributed by atoms with Crippen molar-refractivity contribution in [3.05, 3.63) is 34.9 Å². The van der Waals surface area contributed by atoms with Crippen LogP contribution in [0, 0.1) is 5.92 Å². The maximum absolute atomic E-state index is 12.7. The average molecular weight is 359 g/mol. The minimum absolute atomic E-state index is 0. The van der Waals surface area contributed by atoms with Crippen molar-refractivity contribution in [1.29, 1.82) is 0 Å². The van der Waals surface area contributed by atoms with Crippen LogP contribution in [0.15, 0.2) is 24.3 Å². The third kappa shape index (κ3) is 5.10. The Kier molecular flexibility index (Phi) is 7.85. The molecule has 1 aromatic rings. The van der Waals surface area contributed by atoms with Crippen molar-refractivity contribution in [3.8, 4) is 0 Å². The van der Waals surface area contributed by atoms with Gasteiger partial charge in [0.2, 0.25) is 5.91 Å². The molecule has 1 aliphatic carbocycles. The predicted molar refractivity (Wildman–Crippen MR) is 99.3 cm³/mol. The Morgan fingerprint density at radius 3 is 2.43 bits per heavy atom. The highest BCUT2D eigenvalue weighted by Crippen LogP contribution is 2.28. The van der Waals surface area contributed by atoms with Crippen LogP contribution in [0.1, 0.15) is 51.0 Å². The zero-order valence-electron chi connectivity index (χ0n) is 14.2. The monoisotopic (exact) mass is 358 g/mol. The molecule has 130 valence electrons. The molecular formula is C18H28Cl2N2O. The van der Waals surface area contributed by atoms with Gasteiger partial charge in [0.15, 0.2) is 0 Å². The van der Waals surface area contributed by atoms with Crippen LogP contribution < -0.4 is 5.73 Å². The summed E-state index contributed by atoms with van der Waals surface area (Å²) >= 11 is 5.95. The minimum Gasteiger partial charge on any atom is -0.342 e. The molecule has 4 atom stereocenters. The zero-order valence-corrected chi connectivity index (χ0v) is 15.7. The lowest BCUT2D eigenvalue weighted by Gasteiger charge is -2.35. The summed E-state index contributed by atoms with van der Waals surface area (Å²) in [6.45, 7) is 4.27. The summed E-state index contributed by atoms with van der Waals surface area (Å²) < 4.78 is 0. The normalized spacial score (nSPS) is 23.5. The molecule has 5 heteroatoms. The molecule has 0 aliphatic heterocycles. The van der Waals surface area contributed by atoms with E-state index in [4.69, 9.17) is 17.3 Å². The molecule has 1 aliphatic rings. The second kappa shape index (κ2) is 8.91. The molecular weight excluding hydrogens is 331 g/mol. The van der Waals surface area contributed by atoms with Gasteiger partial charge < -0.3 is 10.6 Å². The molecule has 0 spiro atoms. The molecule has 4 unspecified atom stereocenters. The van der Waals surface area contributed by atoms with Gasteiger partial charge in [0.25, 0.3) is 0 Å². The van der Waals surface area contributed by atoms with Crippen molar-refractivity contribution in [2.45, 2.75) is 57.5 Å². The first kappa shape index (κ1) is 20.3. The van der Waals surface area contributed by atoms with Crippen LogP contribution >= 0.6 is 24.0 Å². The molecule has 3 nitrogen and oxygen atoms in total. The van der Waals surface area contributed by atoms with E-state index < -0.39 is 0 Å². The molecule has 2 N–H and O–H groups in total. The lowest BCUT2D eigenvalue weighted by atomic mass is 9.84. The lowest BCUT2D eigenvalue weighted by Crippen LogP contribution is -2.44. The number of halogens is 2. The van der Waals surface area contributed by atoms with E-state index in [-0.39, 0.29) is 42.2 Å². The van der Waals surface area contributed by atoms with Crippen LogP contribution in [-0.4, -0.2) is 29.9 Å². The van der Waals surface area contributed by atoms with Crippen molar-refractivity contribution in [2.24, 2.45) is 11.7 Å². The van der Waals surface area contributed by atoms with Gasteiger partial charge in [0, 0.05) is 36.0 Å². The number of hydrogen-bond donors (Lipinski definition) is 1. The molecule has 1 aromatic carbocycles. The largest absolute Gasteiger partial charge is 0.342 e. The fourth-order valence-corrected chi connectivity index (χ4v) is 3.45. The van der Waals surface area contributed by atoms with Gasteiger partial charge in [-0.05, 0) is 43.9 Å². The number of rotatable bonds is 4. The molecule has 0 saturated heterocycles. The Balaban J connectivity index is 0.00000264. The average Bonchev–Trinajstić information content (AvgIpc) is 2.52. The Bertz CT molecular complexity index is 506. The van der Waals surface area contributed by atoms with Crippen molar-refractivity contribution >= 4 is 29.9 Å². The van der Waals surface area contributed by atoms with Gasteiger partial charge in [-0.15, -0.1) is 12.4 Å². The zero-order chi connectivity index (χ0) is 16.3. The van der Waals surface area contributed by atoms with E-state index in [0.717, 1.165) is 30.7 Å². The fraction of sp³-hybridized carbons (Fsp3) is 0.611. The third-order valence-electron chi connectivity index (χ3n) is 5.14. The number of benzene rings is 1.